The molecule has 1 fully saturated rings. The number of aliphatic imine (C=N–C) groups is 1. The van der Waals surface area contributed by atoms with E-state index in [1.54, 1.807) is 7.11 Å². The van der Waals surface area contributed by atoms with Gasteiger partial charge in [0.15, 0.2) is 5.17 Å². The van der Waals surface area contributed by atoms with Gasteiger partial charge in [-0.1, -0.05) is 23.9 Å². The summed E-state index contributed by atoms with van der Waals surface area (Å²) in [6.07, 6.45) is 3.57. The highest BCUT2D eigenvalue weighted by molar-refractivity contribution is 8.16. The fraction of sp³-hybridized carbons (Fsp3) is 0.480. The van der Waals surface area contributed by atoms with Crippen molar-refractivity contribution in [2.75, 3.05) is 34.4 Å². The first-order chi connectivity index (χ1) is 16.4. The van der Waals surface area contributed by atoms with Crippen LogP contribution in [0.15, 0.2) is 51.6 Å². The summed E-state index contributed by atoms with van der Waals surface area (Å²) in [5, 5.41) is 5.77. The van der Waals surface area contributed by atoms with E-state index in [0.29, 0.717) is 29.6 Å². The zero-order chi connectivity index (χ0) is 24.2. The number of methoxy groups -OCH3 is 2. The molecule has 182 valence electrons. The monoisotopic (exact) mass is 484 g/mol. The Balaban J connectivity index is 1.54. The number of rotatable bonds is 8. The number of fused-ring (bicyclic) bond motifs is 1. The Morgan fingerprint density at radius 1 is 1.29 bits per heavy atom. The molecule has 8 nitrogen and oxygen atoms in total. The van der Waals surface area contributed by atoms with Gasteiger partial charge in [-0.15, -0.1) is 0 Å². The maximum Gasteiger partial charge on any atom is 0.338 e. The standard InChI is InChI=1S/C25H32N4O4S/c1-16-22(24(31)33-4)23(17-7-5-9-20(13-17)32-3)29-19(15-34-25(29)27-16)14-21(30)26-11-10-18-8-6-12-28(18)2/h5,7,9,13,15,18,23H,6,8,10-12,14H2,1-4H3,(H,26,30)/t18-,23-/m0/s1. The van der Waals surface area contributed by atoms with E-state index in [9.17, 15) is 9.59 Å². The molecule has 4 rings (SSSR count). The number of benzene rings is 1. The second-order valence-corrected chi connectivity index (χ2v) is 9.59. The highest BCUT2D eigenvalue weighted by atomic mass is 32.2. The summed E-state index contributed by atoms with van der Waals surface area (Å²) in [6.45, 7) is 3.59. The molecule has 0 aliphatic carbocycles. The van der Waals surface area contributed by atoms with Gasteiger partial charge in [0.05, 0.1) is 38.0 Å². The molecular formula is C25H32N4O4S. The van der Waals surface area contributed by atoms with E-state index in [2.05, 4.69) is 22.3 Å². The normalized spacial score (nSPS) is 22.3. The SMILES string of the molecule is COC(=O)C1=C(C)N=C2SC=C(CC(=O)NCC[C@@H]3CCCN3C)N2[C@H]1c1cccc(OC)c1. The average molecular weight is 485 g/mol. The maximum atomic E-state index is 12.8. The Morgan fingerprint density at radius 3 is 2.82 bits per heavy atom. The molecule has 1 amide bonds. The van der Waals surface area contributed by atoms with Crippen LogP contribution >= 0.6 is 11.8 Å². The summed E-state index contributed by atoms with van der Waals surface area (Å²) in [5.41, 5.74) is 2.74. The van der Waals surface area contributed by atoms with Gasteiger partial charge in [0.2, 0.25) is 5.91 Å². The van der Waals surface area contributed by atoms with Crippen LogP contribution in [0.25, 0.3) is 0 Å². The van der Waals surface area contributed by atoms with Crippen molar-refractivity contribution in [1.82, 2.24) is 15.1 Å². The van der Waals surface area contributed by atoms with Crippen molar-refractivity contribution in [3.05, 3.63) is 52.2 Å². The number of ether oxygens (including phenoxy) is 2. The van der Waals surface area contributed by atoms with Gasteiger partial charge in [-0.3, -0.25) is 4.79 Å². The van der Waals surface area contributed by atoms with Crippen molar-refractivity contribution >= 4 is 28.8 Å². The number of allylic oxidation sites excluding steroid dienone is 1. The lowest BCUT2D eigenvalue weighted by atomic mass is 9.93. The molecule has 0 bridgehead atoms. The van der Waals surface area contributed by atoms with Gasteiger partial charge in [0.1, 0.15) is 5.75 Å². The van der Waals surface area contributed by atoms with Crippen molar-refractivity contribution in [3.8, 4) is 5.75 Å². The molecule has 0 radical (unpaired) electrons. The van der Waals surface area contributed by atoms with Crippen molar-refractivity contribution < 1.29 is 19.1 Å². The molecule has 34 heavy (non-hydrogen) atoms. The van der Waals surface area contributed by atoms with Crippen LogP contribution in [0, 0.1) is 0 Å². The molecule has 1 aromatic carbocycles. The second-order valence-electron chi connectivity index (χ2n) is 8.75. The van der Waals surface area contributed by atoms with Gasteiger partial charge < -0.3 is 24.6 Å². The van der Waals surface area contributed by atoms with Crippen LogP contribution < -0.4 is 10.1 Å². The van der Waals surface area contributed by atoms with Crippen LogP contribution in [0.2, 0.25) is 0 Å². The molecular weight excluding hydrogens is 452 g/mol. The molecule has 0 aromatic heterocycles. The van der Waals surface area contributed by atoms with Crippen molar-refractivity contribution in [2.45, 2.75) is 44.7 Å². The van der Waals surface area contributed by atoms with Crippen LogP contribution in [0.1, 0.15) is 44.2 Å². The van der Waals surface area contributed by atoms with Gasteiger partial charge in [-0.25, -0.2) is 9.79 Å². The Hall–Kier alpha value is -2.78. The van der Waals surface area contributed by atoms with Gasteiger partial charge in [-0.2, -0.15) is 0 Å². The van der Waals surface area contributed by atoms with Gasteiger partial charge in [0, 0.05) is 18.3 Å². The number of hydrogen-bond donors (Lipinski definition) is 1. The summed E-state index contributed by atoms with van der Waals surface area (Å²) in [6, 6.07) is 7.68. The highest BCUT2D eigenvalue weighted by Crippen LogP contribution is 2.45. The molecule has 3 aliphatic rings. The number of amides is 1. The minimum Gasteiger partial charge on any atom is -0.497 e. The average Bonchev–Trinajstić information content (AvgIpc) is 3.43. The molecule has 3 heterocycles. The second kappa shape index (κ2) is 10.7. The molecule has 9 heteroatoms. The molecule has 0 unspecified atom stereocenters. The van der Waals surface area contributed by atoms with Crippen LogP contribution in [0.5, 0.6) is 5.75 Å². The van der Waals surface area contributed by atoms with E-state index >= 15 is 0 Å². The first kappa shape index (κ1) is 24.3. The van der Waals surface area contributed by atoms with Crippen LogP contribution in [-0.2, 0) is 14.3 Å². The molecule has 2 atom stereocenters. The summed E-state index contributed by atoms with van der Waals surface area (Å²) in [7, 11) is 5.12. The minimum absolute atomic E-state index is 0.0379. The maximum absolute atomic E-state index is 12.8. The van der Waals surface area contributed by atoms with Crippen molar-refractivity contribution in [3.63, 3.8) is 0 Å². The fourth-order valence-electron chi connectivity index (χ4n) is 4.82. The first-order valence-electron chi connectivity index (χ1n) is 11.6. The molecule has 1 aromatic rings. The topological polar surface area (TPSA) is 83.5 Å². The Labute approximate surface area is 205 Å². The van der Waals surface area contributed by atoms with Crippen LogP contribution in [0.3, 0.4) is 0 Å². The third kappa shape index (κ3) is 5.00. The van der Waals surface area contributed by atoms with E-state index in [1.165, 1.54) is 31.7 Å². The number of esters is 1. The van der Waals surface area contributed by atoms with Crippen LogP contribution in [0.4, 0.5) is 0 Å². The third-order valence-electron chi connectivity index (χ3n) is 6.63. The zero-order valence-electron chi connectivity index (χ0n) is 20.2. The number of amidine groups is 1. The smallest absolute Gasteiger partial charge is 0.338 e. The van der Waals surface area contributed by atoms with E-state index in [4.69, 9.17) is 9.47 Å². The number of nitrogens with one attached hydrogen (secondary N) is 1. The highest BCUT2D eigenvalue weighted by Gasteiger charge is 2.41. The third-order valence-corrected chi connectivity index (χ3v) is 7.52. The van der Waals surface area contributed by atoms with Crippen molar-refractivity contribution in [2.24, 2.45) is 4.99 Å². The van der Waals surface area contributed by atoms with E-state index in [1.807, 2.05) is 41.5 Å². The van der Waals surface area contributed by atoms with E-state index in [-0.39, 0.29) is 12.3 Å². The Morgan fingerprint density at radius 2 is 2.12 bits per heavy atom. The van der Waals surface area contributed by atoms with Crippen LogP contribution in [-0.4, -0.2) is 67.2 Å². The largest absolute Gasteiger partial charge is 0.497 e. The first-order valence-corrected chi connectivity index (χ1v) is 12.4. The van der Waals surface area contributed by atoms with E-state index in [0.717, 1.165) is 29.4 Å². The summed E-state index contributed by atoms with van der Waals surface area (Å²) < 4.78 is 10.5. The van der Waals surface area contributed by atoms with Gasteiger partial charge >= 0.3 is 5.97 Å². The molecule has 0 saturated carbocycles. The summed E-state index contributed by atoms with van der Waals surface area (Å²) >= 11 is 1.46. The lowest BCUT2D eigenvalue weighted by molar-refractivity contribution is -0.136. The number of nitrogens with zero attached hydrogens (tertiary/aromatic N) is 3. The summed E-state index contributed by atoms with van der Waals surface area (Å²) in [4.78, 5) is 34.6. The number of carbonyl (C=O) groups excluding carboxylic acids is 2. The van der Waals surface area contributed by atoms with Crippen molar-refractivity contribution in [1.29, 1.82) is 0 Å². The minimum atomic E-state index is -0.462. The fourth-order valence-corrected chi connectivity index (χ4v) is 5.78. The van der Waals surface area contributed by atoms with Gasteiger partial charge in [-0.05, 0) is 62.9 Å². The number of hydrogen-bond acceptors (Lipinski definition) is 8. The predicted octanol–water partition coefficient (Wildman–Crippen LogP) is 3.43. The predicted molar refractivity (Wildman–Crippen MR) is 133 cm³/mol. The summed E-state index contributed by atoms with van der Waals surface area (Å²) in [5.74, 6) is 0.217. The number of likely N-dealkylation sites (tertiary alicyclic amines) is 1. The molecule has 1 N–H and O–H groups in total. The van der Waals surface area contributed by atoms with Gasteiger partial charge in [0.25, 0.3) is 0 Å². The van der Waals surface area contributed by atoms with E-state index < -0.39 is 12.0 Å². The molecule has 1 saturated heterocycles. The zero-order valence-corrected chi connectivity index (χ0v) is 21.0. The lowest BCUT2D eigenvalue weighted by Gasteiger charge is -2.36. The quantitative estimate of drug-likeness (QED) is 0.566. The number of carbonyl (C=O) groups is 2. The Kier molecular flexibility index (Phi) is 7.63. The Bertz CT molecular complexity index is 1050. The number of thioether (sulfide) groups is 1. The lowest BCUT2D eigenvalue weighted by Crippen LogP contribution is -2.38. The molecule has 0 spiro atoms. The molecule has 3 aliphatic heterocycles.